The van der Waals surface area contributed by atoms with Gasteiger partial charge in [0.1, 0.15) is 0 Å². The molecule has 1 amide bonds. The summed E-state index contributed by atoms with van der Waals surface area (Å²) in [5, 5.41) is 4.11. The summed E-state index contributed by atoms with van der Waals surface area (Å²) in [4.78, 5) is 29.6. The number of carbonyl (C=O) groups is 1. The van der Waals surface area contributed by atoms with Gasteiger partial charge in [0.25, 0.3) is 5.56 Å². The van der Waals surface area contributed by atoms with Crippen molar-refractivity contribution >= 4 is 44.5 Å². The third kappa shape index (κ3) is 5.08. The Bertz CT molecular complexity index is 851. The van der Waals surface area contributed by atoms with Crippen LogP contribution in [-0.2, 0) is 16.1 Å². The minimum absolute atomic E-state index is 0.0106. The summed E-state index contributed by atoms with van der Waals surface area (Å²) in [6.45, 7) is 3.70. The van der Waals surface area contributed by atoms with Crippen molar-refractivity contribution in [2.75, 3.05) is 19.0 Å². The number of benzene rings is 1. The molecule has 0 unspecified atom stereocenters. The molecule has 8 heteroatoms. The molecule has 140 valence electrons. The second kappa shape index (κ2) is 9.01. The monoisotopic (exact) mass is 439 g/mol. The number of nitrogens with one attached hydrogen (secondary N) is 1. The van der Waals surface area contributed by atoms with E-state index in [-0.39, 0.29) is 17.2 Å². The largest absolute Gasteiger partial charge is 0.382 e. The minimum atomic E-state index is -0.0853. The van der Waals surface area contributed by atoms with Crippen molar-refractivity contribution < 1.29 is 9.53 Å². The van der Waals surface area contributed by atoms with E-state index in [1.807, 2.05) is 19.1 Å². The summed E-state index contributed by atoms with van der Waals surface area (Å²) in [7, 11) is 0. The van der Waals surface area contributed by atoms with E-state index in [0.717, 1.165) is 23.7 Å². The van der Waals surface area contributed by atoms with E-state index in [1.165, 1.54) is 11.8 Å². The molecule has 1 heterocycles. The number of nitrogens with zero attached hydrogens (tertiary/aromatic N) is 2. The second-order valence-corrected chi connectivity index (χ2v) is 8.05. The first-order chi connectivity index (χ1) is 12.6. The first kappa shape index (κ1) is 19.4. The Morgan fingerprint density at radius 2 is 2.27 bits per heavy atom. The standard InChI is InChI=1S/C18H22BrN3O3S/c1-2-25-9-3-8-22-17(24)14-10-12(19)4-7-15(14)21-18(22)26-11-16(23)20-13-5-6-13/h4,7,10,13H,2-3,5-6,8-9,11H2,1H3,(H,20,23). The molecule has 2 aromatic rings. The molecule has 1 aliphatic rings. The molecular weight excluding hydrogens is 418 g/mol. The molecule has 26 heavy (non-hydrogen) atoms. The lowest BCUT2D eigenvalue weighted by atomic mass is 10.2. The van der Waals surface area contributed by atoms with Gasteiger partial charge in [0.2, 0.25) is 5.91 Å². The summed E-state index contributed by atoms with van der Waals surface area (Å²) in [5.41, 5.74) is 0.558. The van der Waals surface area contributed by atoms with Crippen LogP contribution in [0.5, 0.6) is 0 Å². The van der Waals surface area contributed by atoms with E-state index >= 15 is 0 Å². The van der Waals surface area contributed by atoms with Crippen molar-refractivity contribution in [1.82, 2.24) is 14.9 Å². The van der Waals surface area contributed by atoms with Gasteiger partial charge in [0.05, 0.1) is 16.7 Å². The van der Waals surface area contributed by atoms with Crippen LogP contribution in [0.2, 0.25) is 0 Å². The summed E-state index contributed by atoms with van der Waals surface area (Å²) >= 11 is 4.72. The number of ether oxygens (including phenoxy) is 1. The Balaban J connectivity index is 1.83. The van der Waals surface area contributed by atoms with Gasteiger partial charge in [-0.05, 0) is 44.4 Å². The maximum Gasteiger partial charge on any atom is 0.262 e. The highest BCUT2D eigenvalue weighted by Crippen LogP contribution is 2.22. The van der Waals surface area contributed by atoms with E-state index < -0.39 is 0 Å². The quantitative estimate of drug-likeness (QED) is 0.369. The normalized spacial score (nSPS) is 13.9. The Kier molecular flexibility index (Phi) is 6.72. The Morgan fingerprint density at radius 3 is 3.00 bits per heavy atom. The highest BCUT2D eigenvalue weighted by atomic mass is 79.9. The average Bonchev–Trinajstić information content (AvgIpc) is 3.43. The second-order valence-electron chi connectivity index (χ2n) is 6.19. The molecule has 0 spiro atoms. The van der Waals surface area contributed by atoms with Crippen molar-refractivity contribution in [3.8, 4) is 0 Å². The number of carbonyl (C=O) groups excluding carboxylic acids is 1. The predicted molar refractivity (Wildman–Crippen MR) is 107 cm³/mol. The van der Waals surface area contributed by atoms with Crippen LogP contribution in [0.25, 0.3) is 10.9 Å². The fraction of sp³-hybridized carbons (Fsp3) is 0.500. The molecule has 0 saturated heterocycles. The topological polar surface area (TPSA) is 73.2 Å². The van der Waals surface area contributed by atoms with Crippen molar-refractivity contribution in [1.29, 1.82) is 0 Å². The maximum absolute atomic E-state index is 12.9. The lowest BCUT2D eigenvalue weighted by Crippen LogP contribution is -2.28. The molecule has 1 aromatic carbocycles. The molecule has 0 atom stereocenters. The first-order valence-electron chi connectivity index (χ1n) is 8.78. The van der Waals surface area contributed by atoms with Gasteiger partial charge in [-0.25, -0.2) is 4.98 Å². The molecule has 1 fully saturated rings. The van der Waals surface area contributed by atoms with E-state index in [2.05, 4.69) is 26.2 Å². The Hall–Kier alpha value is -1.38. The van der Waals surface area contributed by atoms with Gasteiger partial charge in [-0.3, -0.25) is 14.2 Å². The summed E-state index contributed by atoms with van der Waals surface area (Å²) in [6, 6.07) is 5.80. The van der Waals surface area contributed by atoms with Crippen LogP contribution < -0.4 is 10.9 Å². The highest BCUT2D eigenvalue weighted by molar-refractivity contribution is 9.10. The zero-order valence-electron chi connectivity index (χ0n) is 14.7. The van der Waals surface area contributed by atoms with Gasteiger partial charge < -0.3 is 10.1 Å². The third-order valence-corrected chi connectivity index (χ3v) is 5.50. The van der Waals surface area contributed by atoms with Gasteiger partial charge in [-0.1, -0.05) is 27.7 Å². The number of aromatic nitrogens is 2. The predicted octanol–water partition coefficient (Wildman–Crippen LogP) is 2.96. The number of amides is 1. The SMILES string of the molecule is CCOCCCn1c(SCC(=O)NC2CC2)nc2ccc(Br)cc2c1=O. The number of halogens is 1. The van der Waals surface area contributed by atoms with Crippen LogP contribution in [-0.4, -0.2) is 40.5 Å². The molecule has 0 radical (unpaired) electrons. The van der Waals surface area contributed by atoms with Crippen LogP contribution in [0.3, 0.4) is 0 Å². The Morgan fingerprint density at radius 1 is 1.46 bits per heavy atom. The van der Waals surface area contributed by atoms with Gasteiger partial charge >= 0.3 is 0 Å². The van der Waals surface area contributed by atoms with Gasteiger partial charge in [0.15, 0.2) is 5.16 Å². The van der Waals surface area contributed by atoms with Gasteiger partial charge in [-0.15, -0.1) is 0 Å². The van der Waals surface area contributed by atoms with E-state index in [1.54, 1.807) is 10.6 Å². The van der Waals surface area contributed by atoms with Gasteiger partial charge in [0, 0.05) is 30.3 Å². The summed E-state index contributed by atoms with van der Waals surface area (Å²) in [5.74, 6) is 0.250. The smallest absolute Gasteiger partial charge is 0.262 e. The Labute approximate surface area is 164 Å². The molecule has 0 bridgehead atoms. The highest BCUT2D eigenvalue weighted by Gasteiger charge is 2.23. The average molecular weight is 440 g/mol. The van der Waals surface area contributed by atoms with Crippen LogP contribution in [0.1, 0.15) is 26.2 Å². The number of fused-ring (bicyclic) bond motifs is 1. The number of thioether (sulfide) groups is 1. The van der Waals surface area contributed by atoms with E-state index in [0.29, 0.717) is 41.9 Å². The molecule has 1 N–H and O–H groups in total. The summed E-state index contributed by atoms with van der Waals surface area (Å²) in [6.07, 6.45) is 2.83. The molecule has 1 saturated carbocycles. The molecule has 0 aliphatic heterocycles. The molecule has 3 rings (SSSR count). The third-order valence-electron chi connectivity index (χ3n) is 4.03. The fourth-order valence-corrected chi connectivity index (χ4v) is 3.77. The minimum Gasteiger partial charge on any atom is -0.382 e. The van der Waals surface area contributed by atoms with E-state index in [4.69, 9.17) is 4.74 Å². The maximum atomic E-state index is 12.9. The molecule has 6 nitrogen and oxygen atoms in total. The van der Waals surface area contributed by atoms with Crippen molar-refractivity contribution in [2.24, 2.45) is 0 Å². The summed E-state index contributed by atoms with van der Waals surface area (Å²) < 4.78 is 7.87. The van der Waals surface area contributed by atoms with Crippen molar-refractivity contribution in [2.45, 2.75) is 43.9 Å². The van der Waals surface area contributed by atoms with Crippen LogP contribution in [0, 0.1) is 0 Å². The van der Waals surface area contributed by atoms with Crippen LogP contribution in [0.4, 0.5) is 0 Å². The van der Waals surface area contributed by atoms with Gasteiger partial charge in [-0.2, -0.15) is 0 Å². The zero-order valence-corrected chi connectivity index (χ0v) is 17.1. The van der Waals surface area contributed by atoms with Crippen LogP contribution >= 0.6 is 27.7 Å². The molecular formula is C18H22BrN3O3S. The van der Waals surface area contributed by atoms with Crippen molar-refractivity contribution in [3.63, 3.8) is 0 Å². The van der Waals surface area contributed by atoms with Crippen LogP contribution in [0.15, 0.2) is 32.6 Å². The number of rotatable bonds is 9. The lowest BCUT2D eigenvalue weighted by Gasteiger charge is -2.13. The number of hydrogen-bond acceptors (Lipinski definition) is 5. The van der Waals surface area contributed by atoms with E-state index in [9.17, 15) is 9.59 Å². The van der Waals surface area contributed by atoms with Crippen molar-refractivity contribution in [3.05, 3.63) is 33.0 Å². The first-order valence-corrected chi connectivity index (χ1v) is 10.6. The zero-order chi connectivity index (χ0) is 18.5. The molecule has 1 aliphatic carbocycles. The lowest BCUT2D eigenvalue weighted by molar-refractivity contribution is -0.118. The fourth-order valence-electron chi connectivity index (χ4n) is 2.58. The number of hydrogen-bond donors (Lipinski definition) is 1. The molecule has 1 aromatic heterocycles.